The van der Waals surface area contributed by atoms with E-state index in [9.17, 15) is 4.79 Å². The number of nitrogens with zero attached hydrogens (tertiary/aromatic N) is 1. The molecule has 2 heterocycles. The molecule has 1 aromatic carbocycles. The summed E-state index contributed by atoms with van der Waals surface area (Å²) in [5, 5.41) is 0. The molecule has 1 atom stereocenters. The van der Waals surface area contributed by atoms with E-state index >= 15 is 0 Å². The average Bonchev–Trinajstić information content (AvgIpc) is 2.61. The fourth-order valence-corrected chi connectivity index (χ4v) is 3.57. The van der Waals surface area contributed by atoms with Crippen molar-refractivity contribution in [2.24, 2.45) is 0 Å². The Bertz CT molecular complexity index is 549. The molecule has 0 aliphatic carbocycles. The minimum atomic E-state index is -0.104. The van der Waals surface area contributed by atoms with Crippen molar-refractivity contribution in [1.29, 1.82) is 0 Å². The third kappa shape index (κ3) is 4.08. The maximum Gasteiger partial charge on any atom is 0.260 e. The van der Waals surface area contributed by atoms with Crippen molar-refractivity contribution in [1.82, 2.24) is 4.90 Å². The third-order valence-electron chi connectivity index (χ3n) is 5.19. The first-order valence-corrected chi connectivity index (χ1v) is 8.74. The van der Waals surface area contributed by atoms with Gasteiger partial charge in [-0.2, -0.15) is 0 Å². The van der Waals surface area contributed by atoms with Gasteiger partial charge in [0, 0.05) is 33.2 Å². The molecule has 0 bridgehead atoms. The number of hydrogen-bond donors (Lipinski definition) is 0. The number of rotatable bonds is 4. The average molecular weight is 333 g/mol. The fourth-order valence-electron chi connectivity index (χ4n) is 3.57. The van der Waals surface area contributed by atoms with Crippen molar-refractivity contribution in [2.45, 2.75) is 44.3 Å². The standard InChI is InChI=1S/C19H27NO4/c1-15-3-5-16(6-4-15)23-14-18(21)20-10-8-19(9-11-20)13-17(22-2)7-12-24-19/h3-6,17H,7-14H2,1-2H3. The maximum atomic E-state index is 12.4. The molecule has 0 N–H and O–H groups in total. The predicted octanol–water partition coefficient (Wildman–Crippen LogP) is 2.56. The molecule has 1 spiro atoms. The number of amides is 1. The lowest BCUT2D eigenvalue weighted by Crippen LogP contribution is -2.52. The molecular formula is C19H27NO4. The van der Waals surface area contributed by atoms with Gasteiger partial charge in [0.15, 0.2) is 6.61 Å². The molecule has 1 aromatic rings. The molecule has 24 heavy (non-hydrogen) atoms. The monoisotopic (exact) mass is 333 g/mol. The van der Waals surface area contributed by atoms with Gasteiger partial charge >= 0.3 is 0 Å². The Balaban J connectivity index is 1.47. The van der Waals surface area contributed by atoms with Gasteiger partial charge in [-0.05, 0) is 38.3 Å². The van der Waals surface area contributed by atoms with Gasteiger partial charge in [-0.15, -0.1) is 0 Å². The Kier molecular flexibility index (Phi) is 5.41. The second-order valence-corrected chi connectivity index (χ2v) is 6.86. The summed E-state index contributed by atoms with van der Waals surface area (Å²) in [7, 11) is 1.77. The van der Waals surface area contributed by atoms with Crippen LogP contribution < -0.4 is 4.74 Å². The highest BCUT2D eigenvalue weighted by Crippen LogP contribution is 2.35. The summed E-state index contributed by atoms with van der Waals surface area (Å²) in [5.74, 6) is 0.783. The van der Waals surface area contributed by atoms with Gasteiger partial charge in [-0.25, -0.2) is 0 Å². The van der Waals surface area contributed by atoms with Crippen LogP contribution in [-0.2, 0) is 14.3 Å². The van der Waals surface area contributed by atoms with Crippen LogP contribution in [0.5, 0.6) is 5.75 Å². The summed E-state index contributed by atoms with van der Waals surface area (Å²) < 4.78 is 17.2. The number of likely N-dealkylation sites (tertiary alicyclic amines) is 1. The Morgan fingerprint density at radius 1 is 1.29 bits per heavy atom. The molecule has 5 heteroatoms. The van der Waals surface area contributed by atoms with E-state index in [1.54, 1.807) is 7.11 Å². The van der Waals surface area contributed by atoms with Crippen molar-refractivity contribution >= 4 is 5.91 Å². The van der Waals surface area contributed by atoms with Gasteiger partial charge in [-0.3, -0.25) is 4.79 Å². The lowest BCUT2D eigenvalue weighted by molar-refractivity contribution is -0.158. The Morgan fingerprint density at radius 2 is 2.00 bits per heavy atom. The van der Waals surface area contributed by atoms with Crippen LogP contribution in [0, 0.1) is 6.92 Å². The lowest BCUT2D eigenvalue weighted by atomic mass is 9.83. The normalized spacial score (nSPS) is 23.2. The van der Waals surface area contributed by atoms with Crippen molar-refractivity contribution in [3.05, 3.63) is 29.8 Å². The maximum absolute atomic E-state index is 12.4. The van der Waals surface area contributed by atoms with E-state index in [-0.39, 0.29) is 24.2 Å². The Labute approximate surface area is 143 Å². The second-order valence-electron chi connectivity index (χ2n) is 6.86. The first-order chi connectivity index (χ1) is 11.6. The highest BCUT2D eigenvalue weighted by Gasteiger charge is 2.41. The minimum absolute atomic E-state index is 0.0459. The number of methoxy groups -OCH3 is 1. The molecular weight excluding hydrogens is 306 g/mol. The summed E-state index contributed by atoms with van der Waals surface area (Å²) in [5.41, 5.74) is 1.07. The van der Waals surface area contributed by atoms with E-state index < -0.39 is 0 Å². The summed E-state index contributed by atoms with van der Waals surface area (Å²) in [6.07, 6.45) is 3.94. The van der Waals surface area contributed by atoms with Crippen LogP contribution in [0.1, 0.15) is 31.2 Å². The molecule has 1 amide bonds. The van der Waals surface area contributed by atoms with Crippen LogP contribution in [0.15, 0.2) is 24.3 Å². The van der Waals surface area contributed by atoms with Gasteiger partial charge in [-0.1, -0.05) is 17.7 Å². The molecule has 2 aliphatic heterocycles. The first-order valence-electron chi connectivity index (χ1n) is 8.74. The molecule has 3 rings (SSSR count). The second kappa shape index (κ2) is 7.53. The molecule has 132 valence electrons. The number of carbonyl (C=O) groups is 1. The van der Waals surface area contributed by atoms with E-state index in [1.165, 1.54) is 5.56 Å². The Hall–Kier alpha value is -1.59. The molecule has 5 nitrogen and oxygen atoms in total. The minimum Gasteiger partial charge on any atom is -0.484 e. The quantitative estimate of drug-likeness (QED) is 0.850. The van der Waals surface area contributed by atoms with Crippen LogP contribution >= 0.6 is 0 Å². The zero-order chi connectivity index (χ0) is 17.0. The zero-order valence-electron chi connectivity index (χ0n) is 14.6. The topological polar surface area (TPSA) is 48.0 Å². The van der Waals surface area contributed by atoms with Crippen LogP contribution in [0.25, 0.3) is 0 Å². The molecule has 2 aliphatic rings. The Morgan fingerprint density at radius 3 is 2.67 bits per heavy atom. The number of aryl methyl sites for hydroxylation is 1. The number of benzene rings is 1. The summed E-state index contributed by atoms with van der Waals surface area (Å²) in [6.45, 7) is 4.33. The van der Waals surface area contributed by atoms with E-state index in [1.807, 2.05) is 36.1 Å². The summed E-state index contributed by atoms with van der Waals surface area (Å²) in [4.78, 5) is 14.3. The van der Waals surface area contributed by atoms with Crippen molar-refractivity contribution in [3.8, 4) is 5.75 Å². The number of ether oxygens (including phenoxy) is 3. The van der Waals surface area contributed by atoms with Gasteiger partial charge in [0.1, 0.15) is 5.75 Å². The van der Waals surface area contributed by atoms with Crippen LogP contribution in [0.3, 0.4) is 0 Å². The molecule has 0 aromatic heterocycles. The largest absolute Gasteiger partial charge is 0.484 e. The van der Waals surface area contributed by atoms with Gasteiger partial charge in [0.25, 0.3) is 5.91 Å². The SMILES string of the molecule is COC1CCOC2(CCN(C(=O)COc3ccc(C)cc3)CC2)C1. The number of hydrogen-bond acceptors (Lipinski definition) is 4. The molecule has 2 saturated heterocycles. The van der Waals surface area contributed by atoms with Crippen LogP contribution in [0.2, 0.25) is 0 Å². The van der Waals surface area contributed by atoms with E-state index in [0.29, 0.717) is 0 Å². The lowest BCUT2D eigenvalue weighted by Gasteiger charge is -2.45. The van der Waals surface area contributed by atoms with Gasteiger partial charge in [0.05, 0.1) is 11.7 Å². The van der Waals surface area contributed by atoms with Gasteiger partial charge < -0.3 is 19.1 Å². The third-order valence-corrected chi connectivity index (χ3v) is 5.19. The zero-order valence-corrected chi connectivity index (χ0v) is 14.6. The predicted molar refractivity (Wildman–Crippen MR) is 91.2 cm³/mol. The molecule has 2 fully saturated rings. The number of piperidine rings is 1. The molecule has 0 radical (unpaired) electrons. The van der Waals surface area contributed by atoms with E-state index in [0.717, 1.165) is 51.1 Å². The van der Waals surface area contributed by atoms with Crippen molar-refractivity contribution in [3.63, 3.8) is 0 Å². The number of carbonyl (C=O) groups excluding carboxylic acids is 1. The van der Waals surface area contributed by atoms with Gasteiger partial charge in [0.2, 0.25) is 0 Å². The molecule has 1 unspecified atom stereocenters. The van der Waals surface area contributed by atoms with E-state index in [4.69, 9.17) is 14.2 Å². The van der Waals surface area contributed by atoms with Crippen LogP contribution in [0.4, 0.5) is 0 Å². The molecule has 0 saturated carbocycles. The smallest absolute Gasteiger partial charge is 0.260 e. The highest BCUT2D eigenvalue weighted by atomic mass is 16.5. The first kappa shape index (κ1) is 17.2. The summed E-state index contributed by atoms with van der Waals surface area (Å²) >= 11 is 0. The fraction of sp³-hybridized carbons (Fsp3) is 0.632. The van der Waals surface area contributed by atoms with Crippen molar-refractivity contribution < 1.29 is 19.0 Å². The van der Waals surface area contributed by atoms with Crippen molar-refractivity contribution in [2.75, 3.05) is 33.4 Å². The van der Waals surface area contributed by atoms with Crippen LogP contribution in [-0.4, -0.2) is 55.9 Å². The van der Waals surface area contributed by atoms with E-state index in [2.05, 4.69) is 0 Å². The summed E-state index contributed by atoms with van der Waals surface area (Å²) in [6, 6.07) is 7.76. The highest BCUT2D eigenvalue weighted by molar-refractivity contribution is 5.77.